The fraction of sp³-hybridized carbons (Fsp3) is 0.375. The van der Waals surface area contributed by atoms with Crippen LogP contribution in [0.2, 0.25) is 0 Å². The van der Waals surface area contributed by atoms with Gasteiger partial charge in [-0.2, -0.15) is 0 Å². The lowest BCUT2D eigenvalue weighted by Crippen LogP contribution is -2.41. The van der Waals surface area contributed by atoms with Crippen molar-refractivity contribution in [1.29, 1.82) is 0 Å². The predicted octanol–water partition coefficient (Wildman–Crippen LogP) is 2.11. The summed E-state index contributed by atoms with van der Waals surface area (Å²) in [5, 5.41) is 4.37. The van der Waals surface area contributed by atoms with E-state index in [-0.39, 0.29) is 11.9 Å². The molecule has 4 heteroatoms. The maximum Gasteiger partial charge on any atom is 0.238 e. The average molecular weight is 271 g/mol. The zero-order valence-electron chi connectivity index (χ0n) is 12.5. The third kappa shape index (κ3) is 3.33. The van der Waals surface area contributed by atoms with Crippen LogP contribution in [0.5, 0.6) is 0 Å². The largest absolute Gasteiger partial charge is 0.347 e. The quantitative estimate of drug-likeness (QED) is 0.926. The van der Waals surface area contributed by atoms with Crippen LogP contribution in [0.15, 0.2) is 30.3 Å². The number of hydrogen-bond acceptors (Lipinski definition) is 3. The van der Waals surface area contributed by atoms with Crippen molar-refractivity contribution in [2.24, 2.45) is 0 Å². The molecule has 1 aromatic carbocycles. The van der Waals surface area contributed by atoms with Gasteiger partial charge in [-0.25, -0.2) is 0 Å². The number of rotatable bonds is 4. The van der Waals surface area contributed by atoms with E-state index in [0.717, 1.165) is 22.2 Å². The van der Waals surface area contributed by atoms with Gasteiger partial charge in [0.2, 0.25) is 5.91 Å². The summed E-state index contributed by atoms with van der Waals surface area (Å²) in [4.78, 5) is 17.9. The Morgan fingerprint density at radius 1 is 1.30 bits per heavy atom. The smallest absolute Gasteiger partial charge is 0.238 e. The van der Waals surface area contributed by atoms with Crippen LogP contribution in [0.4, 0.5) is 0 Å². The zero-order valence-corrected chi connectivity index (χ0v) is 12.5. The molecule has 1 N–H and O–H groups in total. The van der Waals surface area contributed by atoms with Gasteiger partial charge in [-0.3, -0.25) is 9.78 Å². The SMILES string of the molecule is Cc1ccc2cc(CNC(C)C(=O)N(C)C)ccc2n1. The lowest BCUT2D eigenvalue weighted by molar-refractivity contribution is -0.130. The van der Waals surface area contributed by atoms with E-state index >= 15 is 0 Å². The molecule has 0 saturated heterocycles. The van der Waals surface area contributed by atoms with Crippen LogP contribution >= 0.6 is 0 Å². The van der Waals surface area contributed by atoms with E-state index < -0.39 is 0 Å². The summed E-state index contributed by atoms with van der Waals surface area (Å²) in [7, 11) is 3.54. The first kappa shape index (κ1) is 14.5. The number of fused-ring (bicyclic) bond motifs is 1. The molecule has 0 bridgehead atoms. The molecule has 2 rings (SSSR count). The summed E-state index contributed by atoms with van der Waals surface area (Å²) in [5.41, 5.74) is 3.18. The second-order valence-corrected chi connectivity index (χ2v) is 5.31. The van der Waals surface area contributed by atoms with Gasteiger partial charge in [-0.1, -0.05) is 12.1 Å². The van der Waals surface area contributed by atoms with Crippen molar-refractivity contribution < 1.29 is 4.79 Å². The number of nitrogens with zero attached hydrogens (tertiary/aromatic N) is 2. The molecule has 1 atom stereocenters. The molecular formula is C16H21N3O. The van der Waals surface area contributed by atoms with E-state index in [1.807, 2.05) is 26.0 Å². The highest BCUT2D eigenvalue weighted by molar-refractivity contribution is 5.81. The maximum atomic E-state index is 11.8. The van der Waals surface area contributed by atoms with Crippen molar-refractivity contribution in [3.63, 3.8) is 0 Å². The Balaban J connectivity index is 2.07. The molecule has 106 valence electrons. The van der Waals surface area contributed by atoms with Gasteiger partial charge in [0.05, 0.1) is 11.6 Å². The first-order valence-corrected chi connectivity index (χ1v) is 6.78. The Hall–Kier alpha value is -1.94. The first-order chi connectivity index (χ1) is 9.47. The molecule has 4 nitrogen and oxygen atoms in total. The Morgan fingerprint density at radius 2 is 2.05 bits per heavy atom. The van der Waals surface area contributed by atoms with Crippen molar-refractivity contribution in [2.45, 2.75) is 26.4 Å². The van der Waals surface area contributed by atoms with Crippen molar-refractivity contribution in [3.05, 3.63) is 41.6 Å². The Labute approximate surface area is 119 Å². The lowest BCUT2D eigenvalue weighted by atomic mass is 10.1. The van der Waals surface area contributed by atoms with E-state index in [0.29, 0.717) is 6.54 Å². The molecule has 2 aromatic rings. The fourth-order valence-corrected chi connectivity index (χ4v) is 2.13. The highest BCUT2D eigenvalue weighted by Gasteiger charge is 2.13. The molecular weight excluding hydrogens is 250 g/mol. The second-order valence-electron chi connectivity index (χ2n) is 5.31. The number of nitrogens with one attached hydrogen (secondary N) is 1. The minimum atomic E-state index is -0.183. The van der Waals surface area contributed by atoms with E-state index in [1.165, 1.54) is 0 Å². The minimum absolute atomic E-state index is 0.0862. The minimum Gasteiger partial charge on any atom is -0.347 e. The van der Waals surface area contributed by atoms with Gasteiger partial charge >= 0.3 is 0 Å². The van der Waals surface area contributed by atoms with Crippen molar-refractivity contribution >= 4 is 16.8 Å². The van der Waals surface area contributed by atoms with E-state index in [4.69, 9.17) is 0 Å². The Bertz CT molecular complexity index is 622. The second kappa shape index (κ2) is 6.01. The molecule has 1 unspecified atom stereocenters. The summed E-state index contributed by atoms with van der Waals surface area (Å²) in [5.74, 6) is 0.0862. The van der Waals surface area contributed by atoms with Crippen LogP contribution < -0.4 is 5.32 Å². The fourth-order valence-electron chi connectivity index (χ4n) is 2.13. The van der Waals surface area contributed by atoms with E-state index in [2.05, 4.69) is 28.5 Å². The lowest BCUT2D eigenvalue weighted by Gasteiger charge is -2.18. The number of amides is 1. The first-order valence-electron chi connectivity index (χ1n) is 6.78. The van der Waals surface area contributed by atoms with Gasteiger partial charge in [-0.15, -0.1) is 0 Å². The van der Waals surface area contributed by atoms with Crippen molar-refractivity contribution in [1.82, 2.24) is 15.2 Å². The molecule has 0 aliphatic carbocycles. The van der Waals surface area contributed by atoms with Crippen LogP contribution in [-0.4, -0.2) is 35.9 Å². The van der Waals surface area contributed by atoms with Crippen LogP contribution in [0.3, 0.4) is 0 Å². The number of benzene rings is 1. The van der Waals surface area contributed by atoms with Gasteiger partial charge in [-0.05, 0) is 37.6 Å². The number of pyridine rings is 1. The molecule has 0 aliphatic heterocycles. The molecule has 0 aliphatic rings. The summed E-state index contributed by atoms with van der Waals surface area (Å²) in [6.45, 7) is 4.54. The van der Waals surface area contributed by atoms with Crippen LogP contribution in [0.1, 0.15) is 18.2 Å². The van der Waals surface area contributed by atoms with Crippen LogP contribution in [0.25, 0.3) is 10.9 Å². The van der Waals surface area contributed by atoms with Crippen LogP contribution in [-0.2, 0) is 11.3 Å². The number of aromatic nitrogens is 1. The van der Waals surface area contributed by atoms with Gasteiger partial charge in [0.25, 0.3) is 0 Å². The summed E-state index contributed by atoms with van der Waals surface area (Å²) in [6.07, 6.45) is 0. The van der Waals surface area contributed by atoms with E-state index in [9.17, 15) is 4.79 Å². The molecule has 1 heterocycles. The topological polar surface area (TPSA) is 45.2 Å². The molecule has 0 radical (unpaired) electrons. The normalized spacial score (nSPS) is 12.4. The third-order valence-corrected chi connectivity index (χ3v) is 3.32. The van der Waals surface area contributed by atoms with Gasteiger partial charge in [0.15, 0.2) is 0 Å². The Morgan fingerprint density at radius 3 is 2.75 bits per heavy atom. The van der Waals surface area contributed by atoms with Gasteiger partial charge in [0.1, 0.15) is 0 Å². The molecule has 1 aromatic heterocycles. The highest BCUT2D eigenvalue weighted by atomic mass is 16.2. The Kier molecular flexibility index (Phi) is 4.35. The van der Waals surface area contributed by atoms with Crippen molar-refractivity contribution in [3.8, 4) is 0 Å². The third-order valence-electron chi connectivity index (χ3n) is 3.32. The predicted molar refractivity (Wildman–Crippen MR) is 81.5 cm³/mol. The standard InChI is InChI=1S/C16H21N3O/c1-11-5-7-14-9-13(6-8-15(14)18-11)10-17-12(2)16(20)19(3)4/h5-9,12,17H,10H2,1-4H3. The summed E-state index contributed by atoms with van der Waals surface area (Å²) in [6, 6.07) is 10.1. The molecule has 0 saturated carbocycles. The average Bonchev–Trinajstić information content (AvgIpc) is 2.43. The molecule has 0 spiro atoms. The van der Waals surface area contributed by atoms with Gasteiger partial charge < -0.3 is 10.2 Å². The van der Waals surface area contributed by atoms with Crippen LogP contribution in [0, 0.1) is 6.92 Å². The number of hydrogen-bond donors (Lipinski definition) is 1. The molecule has 1 amide bonds. The zero-order chi connectivity index (χ0) is 14.7. The number of aryl methyl sites for hydroxylation is 1. The number of likely N-dealkylation sites (N-methyl/N-ethyl adjacent to an activating group) is 1. The van der Waals surface area contributed by atoms with Crippen molar-refractivity contribution in [2.75, 3.05) is 14.1 Å². The maximum absolute atomic E-state index is 11.8. The monoisotopic (exact) mass is 271 g/mol. The summed E-state index contributed by atoms with van der Waals surface area (Å²) >= 11 is 0. The van der Waals surface area contributed by atoms with E-state index in [1.54, 1.807) is 19.0 Å². The number of carbonyl (C=O) groups excluding carboxylic acids is 1. The highest BCUT2D eigenvalue weighted by Crippen LogP contribution is 2.14. The number of carbonyl (C=O) groups is 1. The summed E-state index contributed by atoms with van der Waals surface area (Å²) < 4.78 is 0. The molecule has 0 fully saturated rings. The van der Waals surface area contributed by atoms with Gasteiger partial charge in [0, 0.05) is 31.7 Å². The molecule has 20 heavy (non-hydrogen) atoms.